The van der Waals surface area contributed by atoms with Gasteiger partial charge in [0.1, 0.15) is 6.04 Å². The van der Waals surface area contributed by atoms with Gasteiger partial charge < -0.3 is 10.8 Å². The number of carboxylic acids is 1. The molecule has 0 aromatic heterocycles. The van der Waals surface area contributed by atoms with Crippen LogP contribution < -0.4 is 5.73 Å². The van der Waals surface area contributed by atoms with Crippen molar-refractivity contribution < 1.29 is 19.0 Å². The minimum absolute atomic E-state index is 0.0421. The van der Waals surface area contributed by atoms with Gasteiger partial charge in [-0.05, 0) is 6.42 Å². The van der Waals surface area contributed by atoms with E-state index < -0.39 is 22.6 Å². The number of carbonyl (C=O) groups is 1. The van der Waals surface area contributed by atoms with Gasteiger partial charge >= 0.3 is 5.97 Å². The van der Waals surface area contributed by atoms with E-state index in [2.05, 4.69) is 0 Å². The third kappa shape index (κ3) is 6.11. The lowest BCUT2D eigenvalue weighted by atomic mass is 10.2. The third-order valence-electron chi connectivity index (χ3n) is 1.13. The maximum atomic E-state index is 10.1. The molecule has 0 heterocycles. The summed E-state index contributed by atoms with van der Waals surface area (Å²) in [5.74, 6) is -1.07. The number of rotatable bonds is 4. The normalized spacial score (nSPS) is 16.0. The Morgan fingerprint density at radius 1 is 1.64 bits per heavy atom. The summed E-state index contributed by atoms with van der Waals surface area (Å²) in [6.45, 7) is 0. The van der Waals surface area contributed by atoms with E-state index >= 15 is 0 Å². The maximum Gasteiger partial charge on any atom is 0.320 e. The summed E-state index contributed by atoms with van der Waals surface area (Å²) in [6.07, 6.45) is 1.36. The van der Waals surface area contributed by atoms with Crippen molar-refractivity contribution in [3.63, 3.8) is 0 Å². The van der Waals surface area contributed by atoms with Gasteiger partial charge in [-0.3, -0.25) is 13.9 Å². The Labute approximate surface area is 66.6 Å². The Morgan fingerprint density at radius 3 is 2.36 bits per heavy atom. The van der Waals surface area contributed by atoms with Crippen molar-refractivity contribution in [3.8, 4) is 0 Å². The molecular formula is C5H13NO4S. The van der Waals surface area contributed by atoms with Crippen LogP contribution in [0.5, 0.6) is 0 Å². The summed E-state index contributed by atoms with van der Waals surface area (Å²) >= 11 is 0. The molecule has 0 radical (unpaired) electrons. The van der Waals surface area contributed by atoms with Crippen LogP contribution in [0.4, 0.5) is 0 Å². The number of nitrogens with two attached hydrogens (primary N) is 1. The van der Waals surface area contributed by atoms with Gasteiger partial charge in [-0.15, -0.1) is 0 Å². The minimum atomic E-state index is -2.60. The first-order valence-corrected chi connectivity index (χ1v) is 5.14. The van der Waals surface area contributed by atoms with Crippen molar-refractivity contribution in [1.29, 1.82) is 0 Å². The average Bonchev–Trinajstić information content (AvgIpc) is 1.80. The molecule has 0 aromatic carbocycles. The van der Waals surface area contributed by atoms with Gasteiger partial charge in [-0.1, -0.05) is 0 Å². The van der Waals surface area contributed by atoms with Crippen LogP contribution in [-0.4, -0.2) is 38.2 Å². The van der Waals surface area contributed by atoms with Gasteiger partial charge in [0.15, 0.2) is 0 Å². The summed E-state index contributed by atoms with van der Waals surface area (Å²) in [4.78, 5) is 10.1. The van der Waals surface area contributed by atoms with Gasteiger partial charge in [0.05, 0.1) is 0 Å². The molecule has 0 saturated carbocycles. The smallest absolute Gasteiger partial charge is 0.320 e. The van der Waals surface area contributed by atoms with Gasteiger partial charge in [-0.25, -0.2) is 0 Å². The lowest BCUT2D eigenvalue weighted by molar-refractivity contribution is -0.138. The molecule has 0 fully saturated rings. The number of carboxylic acid groups (broad SMARTS) is 1. The molecule has 0 amide bonds. The molecule has 0 aliphatic rings. The number of aliphatic carboxylic acids is 1. The second-order valence-corrected chi connectivity index (χ2v) is 4.83. The molecule has 0 aromatic rings. The average molecular weight is 183 g/mol. The van der Waals surface area contributed by atoms with Crippen LogP contribution >= 0.6 is 10.6 Å². The molecule has 6 heteroatoms. The molecule has 0 saturated heterocycles. The first-order chi connectivity index (χ1) is 4.83. The van der Waals surface area contributed by atoms with Crippen LogP contribution in [0.25, 0.3) is 0 Å². The van der Waals surface area contributed by atoms with Crippen molar-refractivity contribution in [2.24, 2.45) is 5.73 Å². The highest BCUT2D eigenvalue weighted by atomic mass is 32.3. The second kappa shape index (κ2) is 3.91. The zero-order valence-corrected chi connectivity index (χ0v) is 7.04. The van der Waals surface area contributed by atoms with Crippen molar-refractivity contribution in [2.75, 3.05) is 12.0 Å². The molecule has 0 aliphatic carbocycles. The van der Waals surface area contributed by atoms with Crippen LogP contribution in [0.3, 0.4) is 0 Å². The molecule has 5 N–H and O–H groups in total. The summed E-state index contributed by atoms with van der Waals surface area (Å²) in [5.41, 5.74) is 5.12. The highest BCUT2D eigenvalue weighted by Gasteiger charge is 2.14. The molecular weight excluding hydrogens is 170 g/mol. The SMILES string of the molecule is CS(O)(O)CCC(N)C(=O)O. The Kier molecular flexibility index (Phi) is 3.81. The van der Waals surface area contributed by atoms with E-state index in [1.165, 1.54) is 6.26 Å². The van der Waals surface area contributed by atoms with Gasteiger partial charge in [0.25, 0.3) is 0 Å². The first-order valence-electron chi connectivity index (χ1n) is 3.02. The summed E-state index contributed by atoms with van der Waals surface area (Å²) in [5, 5.41) is 8.30. The van der Waals surface area contributed by atoms with E-state index in [1.54, 1.807) is 0 Å². The number of hydrogen-bond donors (Lipinski definition) is 4. The lowest BCUT2D eigenvalue weighted by Gasteiger charge is -2.26. The highest BCUT2D eigenvalue weighted by molar-refractivity contribution is 8.23. The summed E-state index contributed by atoms with van der Waals surface area (Å²) in [6, 6.07) is -0.999. The second-order valence-electron chi connectivity index (χ2n) is 2.43. The first kappa shape index (κ1) is 10.7. The van der Waals surface area contributed by atoms with E-state index in [4.69, 9.17) is 19.9 Å². The van der Waals surface area contributed by atoms with E-state index in [0.29, 0.717) is 0 Å². The van der Waals surface area contributed by atoms with Crippen LogP contribution in [0.1, 0.15) is 6.42 Å². The monoisotopic (exact) mass is 183 g/mol. The van der Waals surface area contributed by atoms with Crippen molar-refractivity contribution in [3.05, 3.63) is 0 Å². The topological polar surface area (TPSA) is 104 Å². The Morgan fingerprint density at radius 2 is 2.09 bits per heavy atom. The molecule has 1 atom stereocenters. The van der Waals surface area contributed by atoms with E-state index in [0.717, 1.165) is 0 Å². The van der Waals surface area contributed by atoms with Crippen molar-refractivity contribution in [2.45, 2.75) is 12.5 Å². The molecule has 0 aliphatic heterocycles. The van der Waals surface area contributed by atoms with E-state index in [-0.39, 0.29) is 12.2 Å². The molecule has 68 valence electrons. The Balaban J connectivity index is 3.63. The van der Waals surface area contributed by atoms with Crippen molar-refractivity contribution >= 4 is 16.6 Å². The van der Waals surface area contributed by atoms with Gasteiger partial charge in [-0.2, -0.15) is 10.6 Å². The molecule has 11 heavy (non-hydrogen) atoms. The summed E-state index contributed by atoms with van der Waals surface area (Å²) in [7, 11) is -2.60. The fraction of sp³-hybridized carbons (Fsp3) is 0.800. The van der Waals surface area contributed by atoms with Crippen molar-refractivity contribution in [1.82, 2.24) is 0 Å². The zero-order valence-electron chi connectivity index (χ0n) is 6.23. The third-order valence-corrected chi connectivity index (χ3v) is 2.14. The van der Waals surface area contributed by atoms with E-state index in [1.807, 2.05) is 0 Å². The molecule has 0 bridgehead atoms. The standard InChI is InChI=1S/C5H13NO4S/c1-11(9,10)3-2-4(6)5(7)8/h4,9-10H,2-3,6H2,1H3,(H,7,8). The predicted molar refractivity (Wildman–Crippen MR) is 43.9 cm³/mol. The molecule has 0 rings (SSSR count). The van der Waals surface area contributed by atoms with Crippen LogP contribution in [0.2, 0.25) is 0 Å². The van der Waals surface area contributed by atoms with Crippen LogP contribution in [0.15, 0.2) is 0 Å². The Hall–Kier alpha value is -0.300. The fourth-order valence-electron chi connectivity index (χ4n) is 0.474. The van der Waals surface area contributed by atoms with Crippen LogP contribution in [0, 0.1) is 0 Å². The fourth-order valence-corrected chi connectivity index (χ4v) is 1.17. The Bertz CT molecular complexity index is 144. The van der Waals surface area contributed by atoms with Crippen LogP contribution in [-0.2, 0) is 4.79 Å². The predicted octanol–water partition coefficient (Wildman–Crippen LogP) is 0.169. The molecule has 1 unspecified atom stereocenters. The minimum Gasteiger partial charge on any atom is -0.480 e. The molecule has 0 spiro atoms. The largest absolute Gasteiger partial charge is 0.480 e. The quantitative estimate of drug-likeness (QED) is 0.497. The lowest BCUT2D eigenvalue weighted by Crippen LogP contribution is -2.31. The van der Waals surface area contributed by atoms with Gasteiger partial charge in [0.2, 0.25) is 0 Å². The zero-order chi connectivity index (χ0) is 9.07. The summed E-state index contributed by atoms with van der Waals surface area (Å²) < 4.78 is 17.7. The number of hydrogen-bond acceptors (Lipinski definition) is 4. The van der Waals surface area contributed by atoms with Gasteiger partial charge in [0, 0.05) is 12.0 Å². The highest BCUT2D eigenvalue weighted by Crippen LogP contribution is 2.33. The molecule has 5 nitrogen and oxygen atoms in total. The van der Waals surface area contributed by atoms with E-state index in [9.17, 15) is 4.79 Å². The maximum absolute atomic E-state index is 10.1.